The minimum Gasteiger partial charge on any atom is -0.549 e. The van der Waals surface area contributed by atoms with Crippen LogP contribution >= 0.6 is 33.2 Å². The molecule has 0 bridgehead atoms. The van der Waals surface area contributed by atoms with Gasteiger partial charge in [0.2, 0.25) is 65.0 Å². The number of phenolic OH excluding ortho intramolecular Hbond substituents is 1. The van der Waals surface area contributed by atoms with E-state index >= 15 is 19.2 Å². The first-order valence-electron chi connectivity index (χ1n) is 37.2. The van der Waals surface area contributed by atoms with Gasteiger partial charge in [0.1, 0.15) is 60.1 Å². The molecule has 7 rings (SSSR count). The van der Waals surface area contributed by atoms with Gasteiger partial charge in [-0.2, -0.15) is 0 Å². The predicted molar refractivity (Wildman–Crippen MR) is 419 cm³/mol. The summed E-state index contributed by atoms with van der Waals surface area (Å²) in [6.45, 7) is -1.35. The molecule has 10 atom stereocenters. The number of aliphatic carboxylic acids is 3. The van der Waals surface area contributed by atoms with Gasteiger partial charge in [-0.1, -0.05) is 81.7 Å². The molecule has 44 heteroatoms. The van der Waals surface area contributed by atoms with E-state index < -0.39 is 212 Å². The minimum atomic E-state index is -1.90. The van der Waals surface area contributed by atoms with E-state index in [1.165, 1.54) is 99.6 Å². The van der Waals surface area contributed by atoms with E-state index in [1.807, 2.05) is 5.32 Å². The number of aliphatic hydroxyl groups excluding tert-OH is 1. The van der Waals surface area contributed by atoms with E-state index in [9.17, 15) is 83.1 Å². The molecule has 0 spiro atoms. The molecular formula is C74H95ClLuN19O21S2. The Balaban J connectivity index is 0.0000216. The molecule has 40 nitrogen and oxygen atoms in total. The van der Waals surface area contributed by atoms with Gasteiger partial charge in [0.15, 0.2) is 0 Å². The monoisotopic (exact) mass is 1860 g/mol. The summed E-state index contributed by atoms with van der Waals surface area (Å²) in [5, 5.41) is 87.7. The van der Waals surface area contributed by atoms with Crippen LogP contribution in [0.15, 0.2) is 97.1 Å². The number of unbranched alkanes of at least 4 members (excludes halogenated alkanes) is 1. The topological polar surface area (TPSA) is 618 Å². The van der Waals surface area contributed by atoms with E-state index in [2.05, 4.69) is 58.5 Å². The Morgan fingerprint density at radius 3 is 1.47 bits per heavy atom. The maximum atomic E-state index is 15.6. The number of rotatable bonds is 30. The van der Waals surface area contributed by atoms with Gasteiger partial charge < -0.3 is 116 Å². The Morgan fingerprint density at radius 2 is 0.992 bits per heavy atom. The number of primary amides is 2. The fourth-order valence-electron chi connectivity index (χ4n) is 12.5. The molecule has 3 heterocycles. The summed E-state index contributed by atoms with van der Waals surface area (Å²) in [6, 6.07) is 6.49. The number of carbonyl (C=O) groups is 16. The number of benzene rings is 4. The minimum absolute atomic E-state index is 0. The second-order valence-electron chi connectivity index (χ2n) is 28.0. The number of carboxylic acids is 3. The van der Waals surface area contributed by atoms with E-state index in [1.54, 1.807) is 17.0 Å². The fraction of sp³-hybridized carbons (Fsp3) is 0.459. The molecule has 0 radical (unpaired) electrons. The standard InChI is InChI=1S/C74H98ClN19O21S2.Lu/c1-41(95)63-72(113)87-57(70(111)83-51(64(77)105)30-45-11-19-49(96)20-12-45)40-117-116-39-56(86-67(108)52(31-42-5-13-46(75)14-6-42)81-59(98)35-91-22-24-92(36-60(99)100)26-28-94(38-62(103)104)29-27-93(25-23-91)37-61(101)102)71(112)85-54(33-43-7-15-47(16-8-43)79-66(107)55-34-58(97)89-74(115)88-55)69(110)84-53(32-44-9-17-48(18-10-44)80-73(78)114)68(109)82-50(65(106)90-63)4-2-3-21-76;/h5-20,41,50-57,63,95-96H,2-4,21-40,76H2,1H3,(H2,77,105)(H,79,107)(H,81,98)(H,82,109)(H,83,111)(H,84,110)(H,85,112)(H,86,108)(H,87,113)(H,90,106)(H,99,100)(H,101,102)(H,103,104)(H3,78,80,114)(H2,88,89,97,115);/q;+3/p-3/t41-,50+,51-,52+,53-,54+,55+,56-,57+,63+;/m1./s1/i;1+2. The molecule has 0 aliphatic carbocycles. The predicted octanol–water partition coefficient (Wildman–Crippen LogP) is -7.92. The first kappa shape index (κ1) is 96.8. The number of urea groups is 2. The number of halogens is 1. The molecular weight excluding hydrogens is 1770 g/mol. The largest absolute Gasteiger partial charge is 3.00 e. The summed E-state index contributed by atoms with van der Waals surface area (Å²) in [7, 11) is 1.61. The summed E-state index contributed by atoms with van der Waals surface area (Å²) in [5.41, 5.74) is 18.8. The number of hydrogen-bond acceptors (Lipinski definition) is 28. The molecule has 118 heavy (non-hydrogen) atoms. The summed E-state index contributed by atoms with van der Waals surface area (Å²) in [5.74, 6) is -16.4. The summed E-state index contributed by atoms with van der Waals surface area (Å²) < 4.78 is 0. The van der Waals surface area contributed by atoms with Crippen molar-refractivity contribution in [3.63, 3.8) is 0 Å². The van der Waals surface area contributed by atoms with Crippen LogP contribution in [0, 0.1) is 36.9 Å². The normalized spacial score (nSPS) is 21.1. The van der Waals surface area contributed by atoms with Gasteiger partial charge in [-0.3, -0.25) is 77.7 Å². The van der Waals surface area contributed by atoms with Crippen LogP contribution in [0.2, 0.25) is 5.02 Å². The number of carbonyl (C=O) groups excluding carboxylic acids is 16. The molecule has 3 aliphatic rings. The molecule has 4 aromatic carbocycles. The molecule has 20 N–H and O–H groups in total. The van der Waals surface area contributed by atoms with Crippen LogP contribution in [-0.2, 0) is 92.8 Å². The maximum Gasteiger partial charge on any atom is 3.00 e. The van der Waals surface area contributed by atoms with Gasteiger partial charge in [-0.15, -0.1) is 0 Å². The number of amides is 15. The summed E-state index contributed by atoms with van der Waals surface area (Å²) in [4.78, 5) is 225. The molecule has 0 saturated carbocycles. The van der Waals surface area contributed by atoms with Gasteiger partial charge in [0.25, 0.3) is 0 Å². The van der Waals surface area contributed by atoms with Crippen LogP contribution in [0.5, 0.6) is 5.75 Å². The van der Waals surface area contributed by atoms with Gasteiger partial charge in [0.05, 0.1) is 37.0 Å². The van der Waals surface area contributed by atoms with Gasteiger partial charge >= 0.3 is 48.9 Å². The van der Waals surface area contributed by atoms with Crippen LogP contribution in [0.25, 0.3) is 0 Å². The number of carboxylic acid groups (broad SMARTS) is 3. The van der Waals surface area contributed by atoms with Crippen molar-refractivity contribution < 1.29 is 139 Å². The molecule has 646 valence electrons. The first-order valence-corrected chi connectivity index (χ1v) is 40.0. The van der Waals surface area contributed by atoms with Gasteiger partial charge in [0, 0.05) is 126 Å². The number of aliphatic hydroxyl groups is 1. The van der Waals surface area contributed by atoms with E-state index in [0.29, 0.717) is 23.1 Å². The van der Waals surface area contributed by atoms with E-state index in [4.69, 9.17) is 28.8 Å². The Kier molecular flexibility index (Phi) is 40.0. The number of nitrogens with one attached hydrogen (secondary N) is 12. The maximum absolute atomic E-state index is 15.6. The van der Waals surface area contributed by atoms with Crippen molar-refractivity contribution in [2.24, 2.45) is 17.2 Å². The number of phenols is 1. The van der Waals surface area contributed by atoms with E-state index in [-0.39, 0.29) is 149 Å². The third-order valence-corrected chi connectivity index (χ3v) is 21.4. The number of hydrogen-bond donors (Lipinski definition) is 17. The van der Waals surface area contributed by atoms with Crippen molar-refractivity contribution in [3.05, 3.63) is 124 Å². The first-order chi connectivity index (χ1) is 55.6. The van der Waals surface area contributed by atoms with Crippen molar-refractivity contribution in [1.29, 1.82) is 0 Å². The Bertz CT molecular complexity index is 4140. The Hall–Kier alpha value is -10.0. The second-order valence-corrected chi connectivity index (χ2v) is 30.9. The average molecular weight is 1860 g/mol. The Labute approximate surface area is 719 Å². The van der Waals surface area contributed by atoms with Gasteiger partial charge in [-0.25, -0.2) is 9.59 Å². The molecule has 3 aliphatic heterocycles. The van der Waals surface area contributed by atoms with Crippen molar-refractivity contribution in [2.75, 3.05) is 107 Å². The molecule has 0 unspecified atom stereocenters. The molecule has 0 aromatic heterocycles. The molecule has 3 fully saturated rings. The van der Waals surface area contributed by atoms with Crippen LogP contribution in [-0.4, -0.2) is 282 Å². The van der Waals surface area contributed by atoms with Crippen molar-refractivity contribution in [3.8, 4) is 5.75 Å². The third-order valence-electron chi connectivity index (χ3n) is 18.7. The smallest absolute Gasteiger partial charge is 0.549 e. The summed E-state index contributed by atoms with van der Waals surface area (Å²) in [6.07, 6.45) is -3.23. The summed E-state index contributed by atoms with van der Waals surface area (Å²) >= 11 is 6.31. The van der Waals surface area contributed by atoms with Crippen LogP contribution < -0.4 is 96.3 Å². The molecule has 3 saturated heterocycles. The number of nitrogens with two attached hydrogens (primary N) is 3. The van der Waals surface area contributed by atoms with Crippen LogP contribution in [0.4, 0.5) is 21.0 Å². The molecule has 15 amide bonds. The molecule has 4 aromatic rings. The number of aromatic hydroxyl groups is 1. The SMILES string of the molecule is C[C@@H](O)[C@@H]1NC(=O)[C@H](CCCCN)NC(=O)[C@@H](Cc2ccc(NC(N)=O)cc2)NC(=O)[C@H](Cc2ccc(NC(=O)[C@@H]3CC(=O)NC(=O)N3)cc2)NC(=O)[C@H](NC(=O)[C@H](Cc2ccc(Cl)cc2)NC(=O)CN2CCN(CC(=O)[O-])CCN(CC(=O)[O-])CCN(CC(=O)[O-])CC2)CSSC[C@@H](C(=O)N[C@H](Cc2ccc(O)cc2)C(N)=O)NC1=O.[177Lu+3]. The third kappa shape index (κ3) is 33.8. The van der Waals surface area contributed by atoms with Crippen molar-refractivity contribution >= 4 is 140 Å². The number of anilines is 2. The van der Waals surface area contributed by atoms with Gasteiger partial charge in [-0.05, 0) is 104 Å². The van der Waals surface area contributed by atoms with Crippen molar-refractivity contribution in [1.82, 2.24) is 72.8 Å². The second kappa shape index (κ2) is 48.8. The Morgan fingerprint density at radius 1 is 0.534 bits per heavy atom. The quantitative estimate of drug-likeness (QED) is 0.0170. The average Bonchev–Trinajstić information content (AvgIpc) is 0.782. The zero-order chi connectivity index (χ0) is 85.4. The van der Waals surface area contributed by atoms with Crippen LogP contribution in [0.1, 0.15) is 54.9 Å². The zero-order valence-corrected chi connectivity index (χ0v) is 67.9. The zero-order valence-electron chi connectivity index (χ0n) is 63.9. The number of imide groups is 1. The number of nitrogens with zero attached hydrogens (tertiary/aromatic N) is 4. The fourth-order valence-corrected chi connectivity index (χ4v) is 14.9. The van der Waals surface area contributed by atoms with Crippen molar-refractivity contribution in [2.45, 2.75) is 119 Å². The van der Waals surface area contributed by atoms with E-state index in [0.717, 1.165) is 28.5 Å². The van der Waals surface area contributed by atoms with Crippen LogP contribution in [0.3, 0.4) is 0 Å².